The second kappa shape index (κ2) is 8.83. The van der Waals surface area contributed by atoms with Gasteiger partial charge in [-0.05, 0) is 12.2 Å². The molecule has 1 aliphatic rings. The molecule has 1 aromatic heterocycles. The van der Waals surface area contributed by atoms with E-state index in [0.29, 0.717) is 0 Å². The van der Waals surface area contributed by atoms with E-state index < -0.39 is 66.6 Å². The highest BCUT2D eigenvalue weighted by Crippen LogP contribution is 2.66. The van der Waals surface area contributed by atoms with Crippen LogP contribution in [-0.4, -0.2) is 48.0 Å². The van der Waals surface area contributed by atoms with E-state index in [-0.39, 0.29) is 4.77 Å². The van der Waals surface area contributed by atoms with Gasteiger partial charge in [0.25, 0.3) is 0 Å². The Morgan fingerprint density at radius 3 is 2.48 bits per heavy atom. The monoisotopic (exact) mass is 503 g/mol. The molecule has 0 aliphatic carbocycles. The van der Waals surface area contributed by atoms with Crippen molar-refractivity contribution in [2.75, 3.05) is 12.3 Å². The van der Waals surface area contributed by atoms with Gasteiger partial charge in [0.15, 0.2) is 17.9 Å². The Balaban J connectivity index is 2.01. The van der Waals surface area contributed by atoms with Crippen molar-refractivity contribution in [1.82, 2.24) is 9.55 Å². The molecule has 0 radical (unpaired) electrons. The van der Waals surface area contributed by atoms with Crippen molar-refractivity contribution in [1.29, 1.82) is 0 Å². The number of anilines is 1. The topological polar surface area (TPSA) is 213 Å². The first-order valence-electron chi connectivity index (χ1n) is 7.20. The number of phosphoric acid groups is 3. The minimum atomic E-state index is -5.68. The molecule has 0 saturated carbocycles. The van der Waals surface area contributed by atoms with Gasteiger partial charge in [0.2, 0.25) is 4.77 Å². The molecule has 14 nitrogen and oxygen atoms in total. The van der Waals surface area contributed by atoms with Crippen molar-refractivity contribution in [3.63, 3.8) is 0 Å². The molecule has 1 aromatic rings. The van der Waals surface area contributed by atoms with Gasteiger partial charge < -0.3 is 30.0 Å². The molecule has 1 aliphatic heterocycles. The van der Waals surface area contributed by atoms with Crippen molar-refractivity contribution in [2.24, 2.45) is 0 Å². The van der Waals surface area contributed by atoms with Crippen molar-refractivity contribution < 1.29 is 59.9 Å². The molecular weight excluding hydrogens is 489 g/mol. The van der Waals surface area contributed by atoms with Crippen LogP contribution in [0.15, 0.2) is 6.20 Å². The normalized spacial score (nSPS) is 26.8. The fourth-order valence-electron chi connectivity index (χ4n) is 2.17. The summed E-state index contributed by atoms with van der Waals surface area (Å²) >= 11 is 4.84. The van der Waals surface area contributed by atoms with E-state index in [1.807, 2.05) is 0 Å². The first-order valence-corrected chi connectivity index (χ1v) is 12.1. The molecule has 0 amide bonds. The van der Waals surface area contributed by atoms with Gasteiger partial charge in [-0.2, -0.15) is 13.6 Å². The molecule has 29 heavy (non-hydrogen) atoms. The molecule has 1 saturated heterocycles. The van der Waals surface area contributed by atoms with Gasteiger partial charge in [-0.15, -0.1) is 0 Å². The standard InChI is InChI=1S/C9H14F2N3O11P3S/c10-5-1-4(23-8(5)14-2-6(11)7(12)13-9(14)29)3-22-27(18,19)25-28(20,21)24-26(15,16)17/h2,4-5,8H,1,3H2,(H,18,19)(H,20,21)(H2,12,13,29)(H2,15,16,17). The summed E-state index contributed by atoms with van der Waals surface area (Å²) in [6.07, 6.45) is -4.14. The van der Waals surface area contributed by atoms with E-state index in [9.17, 15) is 27.4 Å². The van der Waals surface area contributed by atoms with Crippen LogP contribution < -0.4 is 5.73 Å². The highest BCUT2D eigenvalue weighted by molar-refractivity contribution is 7.71. The van der Waals surface area contributed by atoms with Gasteiger partial charge in [0.05, 0.1) is 12.7 Å². The zero-order valence-electron chi connectivity index (χ0n) is 13.8. The van der Waals surface area contributed by atoms with Crippen LogP contribution in [0, 0.1) is 10.6 Å². The predicted octanol–water partition coefficient (Wildman–Crippen LogP) is 1.30. The van der Waals surface area contributed by atoms with Gasteiger partial charge >= 0.3 is 23.5 Å². The lowest BCUT2D eigenvalue weighted by atomic mass is 10.2. The Bertz CT molecular complexity index is 973. The highest BCUT2D eigenvalue weighted by Gasteiger charge is 2.43. The molecule has 20 heteroatoms. The fourth-order valence-corrected chi connectivity index (χ4v) is 5.48. The van der Waals surface area contributed by atoms with Gasteiger partial charge in [0, 0.05) is 12.6 Å². The highest BCUT2D eigenvalue weighted by atomic mass is 32.1. The molecule has 5 atom stereocenters. The largest absolute Gasteiger partial charge is 0.490 e. The first-order chi connectivity index (χ1) is 13.1. The Morgan fingerprint density at radius 2 is 1.90 bits per heavy atom. The number of nitrogens with two attached hydrogens (primary N) is 1. The van der Waals surface area contributed by atoms with Crippen molar-refractivity contribution in [3.05, 3.63) is 16.8 Å². The van der Waals surface area contributed by atoms with Crippen molar-refractivity contribution in [2.45, 2.75) is 24.9 Å². The van der Waals surface area contributed by atoms with Crippen LogP contribution >= 0.6 is 35.7 Å². The number of hydrogen-bond donors (Lipinski definition) is 5. The maximum atomic E-state index is 14.2. The van der Waals surface area contributed by atoms with Crippen LogP contribution in [0.1, 0.15) is 12.6 Å². The van der Waals surface area contributed by atoms with Gasteiger partial charge in [-0.25, -0.2) is 22.5 Å². The van der Waals surface area contributed by atoms with E-state index in [4.69, 9.17) is 37.4 Å². The third kappa shape index (κ3) is 7.21. The maximum Gasteiger partial charge on any atom is 0.490 e. The zero-order valence-corrected chi connectivity index (χ0v) is 17.3. The van der Waals surface area contributed by atoms with Crippen LogP contribution in [0.4, 0.5) is 14.6 Å². The summed E-state index contributed by atoms with van der Waals surface area (Å²) in [5.41, 5.74) is 5.24. The average molecular weight is 503 g/mol. The summed E-state index contributed by atoms with van der Waals surface area (Å²) in [6, 6.07) is 0. The number of nitrogen functional groups attached to an aromatic ring is 1. The number of rotatable bonds is 8. The zero-order chi connectivity index (χ0) is 22.2. The minimum absolute atomic E-state index is 0.301. The van der Waals surface area contributed by atoms with Gasteiger partial charge in [-0.1, -0.05) is 0 Å². The number of phosphoric ester groups is 1. The maximum absolute atomic E-state index is 14.2. The first kappa shape index (κ1) is 24.6. The van der Waals surface area contributed by atoms with E-state index in [1.54, 1.807) is 0 Å². The summed E-state index contributed by atoms with van der Waals surface area (Å²) in [5, 5.41) is 0. The van der Waals surface area contributed by atoms with Gasteiger partial charge in [0.1, 0.15) is 6.17 Å². The minimum Gasteiger partial charge on any atom is -0.381 e. The number of alkyl halides is 1. The Kier molecular flexibility index (Phi) is 7.49. The third-order valence-electron chi connectivity index (χ3n) is 3.18. The van der Waals surface area contributed by atoms with Crippen molar-refractivity contribution in [3.8, 4) is 0 Å². The van der Waals surface area contributed by atoms with Crippen LogP contribution in [0.2, 0.25) is 0 Å². The van der Waals surface area contributed by atoms with E-state index in [2.05, 4.69) is 18.1 Å². The van der Waals surface area contributed by atoms with Gasteiger partial charge in [-0.3, -0.25) is 9.09 Å². The Labute approximate surface area is 165 Å². The molecule has 2 rings (SSSR count). The number of nitrogens with zero attached hydrogens (tertiary/aromatic N) is 2. The number of halogens is 2. The van der Waals surface area contributed by atoms with E-state index >= 15 is 0 Å². The van der Waals surface area contributed by atoms with Crippen LogP contribution in [0.5, 0.6) is 0 Å². The molecule has 2 heterocycles. The molecule has 0 aromatic carbocycles. The van der Waals surface area contributed by atoms with Crippen molar-refractivity contribution >= 4 is 41.5 Å². The number of hydrogen-bond acceptors (Lipinski definition) is 10. The predicted molar refractivity (Wildman–Crippen MR) is 90.7 cm³/mol. The van der Waals surface area contributed by atoms with Crippen LogP contribution in [0.25, 0.3) is 0 Å². The number of ether oxygens (including phenoxy) is 1. The van der Waals surface area contributed by atoms with Crippen LogP contribution in [-0.2, 0) is 31.6 Å². The summed E-state index contributed by atoms with van der Waals surface area (Å²) in [5.74, 6) is -1.50. The molecule has 5 unspecified atom stereocenters. The second-order valence-electron chi connectivity index (χ2n) is 5.45. The molecule has 1 fully saturated rings. The lowest BCUT2D eigenvalue weighted by Gasteiger charge is -2.19. The molecular formula is C9H14F2N3O11P3S. The quantitative estimate of drug-likeness (QED) is 0.250. The fraction of sp³-hybridized carbons (Fsp3) is 0.556. The van der Waals surface area contributed by atoms with Crippen LogP contribution in [0.3, 0.4) is 0 Å². The summed E-state index contributed by atoms with van der Waals surface area (Å²) in [6.45, 7) is -0.862. The second-order valence-corrected chi connectivity index (χ2v) is 10.2. The third-order valence-corrected chi connectivity index (χ3v) is 7.28. The molecule has 166 valence electrons. The number of aromatic nitrogens is 2. The summed E-state index contributed by atoms with van der Waals surface area (Å²) in [4.78, 5) is 38.8. The van der Waals surface area contributed by atoms with E-state index in [0.717, 1.165) is 10.8 Å². The molecule has 0 spiro atoms. The molecule has 0 bridgehead atoms. The Morgan fingerprint density at radius 1 is 1.28 bits per heavy atom. The lowest BCUT2D eigenvalue weighted by molar-refractivity contribution is -0.0382. The smallest absolute Gasteiger partial charge is 0.381 e. The molecule has 6 N–H and O–H groups in total. The summed E-state index contributed by atoms with van der Waals surface area (Å²) in [7, 11) is -16.6. The Hall–Kier alpha value is -0.670. The lowest BCUT2D eigenvalue weighted by Crippen LogP contribution is -2.20. The summed E-state index contributed by atoms with van der Waals surface area (Å²) < 4.78 is 78.3. The SMILES string of the molecule is Nc1nc(=S)n(C2OC(COP(=O)(O)OP(=O)(O)OP(=O)(O)O)CC2F)cc1F. The van der Waals surface area contributed by atoms with E-state index in [1.165, 1.54) is 0 Å². The average Bonchev–Trinajstić information content (AvgIpc) is 2.86.